The van der Waals surface area contributed by atoms with Gasteiger partial charge in [0.15, 0.2) is 10.9 Å². The third-order valence-electron chi connectivity index (χ3n) is 4.28. The van der Waals surface area contributed by atoms with E-state index in [1.807, 2.05) is 0 Å². The summed E-state index contributed by atoms with van der Waals surface area (Å²) in [6.45, 7) is 0.0273. The number of aromatic nitrogens is 1. The Morgan fingerprint density at radius 1 is 1.19 bits per heavy atom. The van der Waals surface area contributed by atoms with Crippen molar-refractivity contribution in [1.82, 2.24) is 4.98 Å². The molecule has 2 amide bonds. The zero-order valence-electron chi connectivity index (χ0n) is 13.7. The second-order valence-corrected chi connectivity index (χ2v) is 7.13. The molecular weight excluding hydrogens is 379 g/mol. The molecule has 0 saturated carbocycles. The van der Waals surface area contributed by atoms with E-state index >= 15 is 0 Å². The van der Waals surface area contributed by atoms with Gasteiger partial charge >= 0.3 is 0 Å². The zero-order valence-corrected chi connectivity index (χ0v) is 14.5. The molecule has 0 unspecified atom stereocenters. The number of thiazole rings is 1. The molecule has 1 aliphatic rings. The molecule has 27 heavy (non-hydrogen) atoms. The molecule has 1 saturated heterocycles. The standard InChI is InChI=1S/C18H12F3N3O2S/c19-10-6-12(21)16-14(7-10)27-18(22-16)23-17(26)9-5-15(25)24(8-9)13-4-2-1-3-11(13)20/h1-4,6-7,9H,5,8H2,(H,22,23,26)/t9-/m1/s1. The normalized spacial score (nSPS) is 16.9. The minimum atomic E-state index is -0.816. The van der Waals surface area contributed by atoms with Crippen molar-refractivity contribution in [3.63, 3.8) is 0 Å². The number of amides is 2. The number of nitrogens with one attached hydrogen (secondary N) is 1. The lowest BCUT2D eigenvalue weighted by molar-refractivity contribution is -0.122. The summed E-state index contributed by atoms with van der Waals surface area (Å²) >= 11 is 0.932. The molecular formula is C18H12F3N3O2S. The van der Waals surface area contributed by atoms with Crippen LogP contribution < -0.4 is 10.2 Å². The highest BCUT2D eigenvalue weighted by molar-refractivity contribution is 7.22. The summed E-state index contributed by atoms with van der Waals surface area (Å²) < 4.78 is 41.2. The van der Waals surface area contributed by atoms with Crippen LogP contribution in [-0.2, 0) is 9.59 Å². The molecule has 2 heterocycles. The molecule has 0 aliphatic carbocycles. The van der Waals surface area contributed by atoms with Gasteiger partial charge in [-0.05, 0) is 18.2 Å². The SMILES string of the molecule is O=C(Nc1nc2c(F)cc(F)cc2s1)[C@@H]1CC(=O)N(c2ccccc2F)C1. The van der Waals surface area contributed by atoms with Crippen LogP contribution in [0, 0.1) is 23.4 Å². The monoisotopic (exact) mass is 391 g/mol. The highest BCUT2D eigenvalue weighted by Crippen LogP contribution is 2.31. The summed E-state index contributed by atoms with van der Waals surface area (Å²) in [4.78, 5) is 29.8. The highest BCUT2D eigenvalue weighted by atomic mass is 32.1. The lowest BCUT2D eigenvalue weighted by atomic mass is 10.1. The van der Waals surface area contributed by atoms with Crippen molar-refractivity contribution >= 4 is 44.2 Å². The van der Waals surface area contributed by atoms with Crippen molar-refractivity contribution in [3.05, 3.63) is 53.8 Å². The molecule has 138 valence electrons. The maximum absolute atomic E-state index is 13.9. The molecule has 0 bridgehead atoms. The van der Waals surface area contributed by atoms with E-state index in [-0.39, 0.29) is 39.9 Å². The molecule has 4 rings (SSSR count). The molecule has 2 aromatic carbocycles. The van der Waals surface area contributed by atoms with Gasteiger partial charge in [-0.1, -0.05) is 23.5 Å². The minimum absolute atomic E-state index is 0.0273. The van der Waals surface area contributed by atoms with E-state index in [9.17, 15) is 22.8 Å². The van der Waals surface area contributed by atoms with Gasteiger partial charge in [-0.2, -0.15) is 0 Å². The molecule has 1 fully saturated rings. The third-order valence-corrected chi connectivity index (χ3v) is 5.20. The first-order valence-corrected chi connectivity index (χ1v) is 8.85. The summed E-state index contributed by atoms with van der Waals surface area (Å²) in [6, 6.07) is 7.68. The van der Waals surface area contributed by atoms with Crippen LogP contribution in [0.4, 0.5) is 24.0 Å². The molecule has 1 N–H and O–H groups in total. The Morgan fingerprint density at radius 3 is 2.74 bits per heavy atom. The molecule has 9 heteroatoms. The Morgan fingerprint density at radius 2 is 1.96 bits per heavy atom. The fourth-order valence-electron chi connectivity index (χ4n) is 3.00. The number of anilines is 2. The molecule has 1 aliphatic heterocycles. The highest BCUT2D eigenvalue weighted by Gasteiger charge is 2.36. The van der Waals surface area contributed by atoms with Crippen LogP contribution in [0.25, 0.3) is 10.2 Å². The maximum atomic E-state index is 13.9. The molecule has 0 radical (unpaired) electrons. The largest absolute Gasteiger partial charge is 0.309 e. The fourth-order valence-corrected chi connectivity index (χ4v) is 3.91. The van der Waals surface area contributed by atoms with Crippen molar-refractivity contribution in [2.75, 3.05) is 16.8 Å². The fraction of sp³-hybridized carbons (Fsp3) is 0.167. The summed E-state index contributed by atoms with van der Waals surface area (Å²) in [5.41, 5.74) is 0.0857. The van der Waals surface area contributed by atoms with E-state index in [4.69, 9.17) is 0 Å². The Hall–Kier alpha value is -2.94. The third kappa shape index (κ3) is 3.25. The number of carbonyl (C=O) groups excluding carboxylic acids is 2. The first-order valence-electron chi connectivity index (χ1n) is 8.03. The van der Waals surface area contributed by atoms with Crippen LogP contribution >= 0.6 is 11.3 Å². The zero-order chi connectivity index (χ0) is 19.1. The van der Waals surface area contributed by atoms with Crippen LogP contribution in [-0.4, -0.2) is 23.3 Å². The molecule has 3 aromatic rings. The number of rotatable bonds is 3. The van der Waals surface area contributed by atoms with Crippen molar-refractivity contribution in [3.8, 4) is 0 Å². The Bertz CT molecular complexity index is 1070. The summed E-state index contributed by atoms with van der Waals surface area (Å²) in [7, 11) is 0. The molecule has 0 spiro atoms. The van der Waals surface area contributed by atoms with Crippen molar-refractivity contribution < 1.29 is 22.8 Å². The Labute approximate surface area is 155 Å². The molecule has 1 atom stereocenters. The number of hydrogen-bond donors (Lipinski definition) is 1. The van der Waals surface area contributed by atoms with Crippen molar-refractivity contribution in [1.29, 1.82) is 0 Å². The van der Waals surface area contributed by atoms with E-state index in [1.165, 1.54) is 23.1 Å². The number of para-hydroxylation sites is 1. The van der Waals surface area contributed by atoms with Crippen LogP contribution in [0.15, 0.2) is 36.4 Å². The average Bonchev–Trinajstić information content (AvgIpc) is 3.19. The lowest BCUT2D eigenvalue weighted by Gasteiger charge is -2.17. The van der Waals surface area contributed by atoms with Gasteiger partial charge in [-0.15, -0.1) is 0 Å². The minimum Gasteiger partial charge on any atom is -0.309 e. The second-order valence-electron chi connectivity index (χ2n) is 6.10. The average molecular weight is 391 g/mol. The lowest BCUT2D eigenvalue weighted by Crippen LogP contribution is -2.28. The van der Waals surface area contributed by atoms with Crippen LogP contribution in [0.2, 0.25) is 0 Å². The van der Waals surface area contributed by atoms with E-state index in [0.717, 1.165) is 23.5 Å². The predicted octanol–water partition coefficient (Wildman–Crippen LogP) is 3.71. The predicted molar refractivity (Wildman–Crippen MR) is 95.0 cm³/mol. The van der Waals surface area contributed by atoms with Gasteiger partial charge < -0.3 is 10.2 Å². The number of fused-ring (bicyclic) bond motifs is 1. The number of carbonyl (C=O) groups is 2. The van der Waals surface area contributed by atoms with Gasteiger partial charge in [0.2, 0.25) is 11.8 Å². The van der Waals surface area contributed by atoms with Gasteiger partial charge in [-0.3, -0.25) is 9.59 Å². The smallest absolute Gasteiger partial charge is 0.231 e. The van der Waals surface area contributed by atoms with Crippen LogP contribution in [0.5, 0.6) is 0 Å². The van der Waals surface area contributed by atoms with Crippen molar-refractivity contribution in [2.24, 2.45) is 5.92 Å². The van der Waals surface area contributed by atoms with E-state index in [0.29, 0.717) is 0 Å². The second kappa shape index (κ2) is 6.66. The van der Waals surface area contributed by atoms with E-state index < -0.39 is 29.3 Å². The molecule has 5 nitrogen and oxygen atoms in total. The summed E-state index contributed by atoms with van der Waals surface area (Å²) in [5, 5.41) is 2.64. The first kappa shape index (κ1) is 17.5. The van der Waals surface area contributed by atoms with Crippen LogP contribution in [0.1, 0.15) is 6.42 Å². The van der Waals surface area contributed by atoms with Gasteiger partial charge in [0, 0.05) is 19.0 Å². The first-order chi connectivity index (χ1) is 12.9. The van der Waals surface area contributed by atoms with E-state index in [2.05, 4.69) is 10.3 Å². The van der Waals surface area contributed by atoms with Gasteiger partial charge in [0.1, 0.15) is 17.2 Å². The van der Waals surface area contributed by atoms with Gasteiger partial charge in [0.05, 0.1) is 16.3 Å². The van der Waals surface area contributed by atoms with Gasteiger partial charge in [0.25, 0.3) is 0 Å². The number of benzene rings is 2. The maximum Gasteiger partial charge on any atom is 0.231 e. The van der Waals surface area contributed by atoms with E-state index in [1.54, 1.807) is 6.07 Å². The van der Waals surface area contributed by atoms with Gasteiger partial charge in [-0.25, -0.2) is 18.2 Å². The Kier molecular flexibility index (Phi) is 4.31. The van der Waals surface area contributed by atoms with Crippen LogP contribution in [0.3, 0.4) is 0 Å². The Balaban J connectivity index is 1.52. The number of nitrogens with zero attached hydrogens (tertiary/aromatic N) is 2. The topological polar surface area (TPSA) is 62.3 Å². The van der Waals surface area contributed by atoms with Crippen molar-refractivity contribution in [2.45, 2.75) is 6.42 Å². The number of hydrogen-bond acceptors (Lipinski definition) is 4. The summed E-state index contributed by atoms with van der Waals surface area (Å²) in [6.07, 6.45) is -0.0753. The molecule has 1 aromatic heterocycles. The quantitative estimate of drug-likeness (QED) is 0.741. The number of halogens is 3. The summed E-state index contributed by atoms with van der Waals surface area (Å²) in [5.74, 6) is -3.65.